The fraction of sp³-hybridized carbons (Fsp3) is 0.556. The summed E-state index contributed by atoms with van der Waals surface area (Å²) in [6.45, 7) is 2.05. The van der Waals surface area contributed by atoms with Gasteiger partial charge >= 0.3 is 5.97 Å². The van der Waals surface area contributed by atoms with Crippen LogP contribution in [0.25, 0.3) is 0 Å². The van der Waals surface area contributed by atoms with Crippen molar-refractivity contribution in [1.82, 2.24) is 19.2 Å². The van der Waals surface area contributed by atoms with Gasteiger partial charge in [0, 0.05) is 25.4 Å². The van der Waals surface area contributed by atoms with Gasteiger partial charge in [-0.3, -0.25) is 9.48 Å². The molecule has 3 N–H and O–H groups in total. The Morgan fingerprint density at radius 3 is 2.72 bits per heavy atom. The summed E-state index contributed by atoms with van der Waals surface area (Å²) in [7, 11) is -2.23. The molecule has 0 aliphatic carbocycles. The lowest BCUT2D eigenvalue weighted by Crippen LogP contribution is -2.41. The summed E-state index contributed by atoms with van der Waals surface area (Å²) in [5, 5.41) is 12.8. The van der Waals surface area contributed by atoms with E-state index in [9.17, 15) is 13.2 Å². The monoisotopic (exact) mass is 276 g/mol. The van der Waals surface area contributed by atoms with E-state index in [1.165, 1.54) is 17.1 Å². The van der Waals surface area contributed by atoms with E-state index in [0.29, 0.717) is 6.42 Å². The number of hydrogen-bond donors (Lipinski definition) is 3. The summed E-state index contributed by atoms with van der Waals surface area (Å²) in [6.07, 6.45) is 3.37. The number of aliphatic carboxylic acids is 1. The number of carboxylic acids is 1. The van der Waals surface area contributed by atoms with Crippen LogP contribution in [0.3, 0.4) is 0 Å². The van der Waals surface area contributed by atoms with Crippen LogP contribution in [0.1, 0.15) is 24.9 Å². The van der Waals surface area contributed by atoms with Crippen LogP contribution >= 0.6 is 0 Å². The van der Waals surface area contributed by atoms with Crippen LogP contribution < -0.4 is 9.44 Å². The first kappa shape index (κ1) is 14.6. The van der Waals surface area contributed by atoms with Gasteiger partial charge in [0.1, 0.15) is 6.04 Å². The van der Waals surface area contributed by atoms with Crippen LogP contribution in [0.15, 0.2) is 12.4 Å². The van der Waals surface area contributed by atoms with E-state index in [1.54, 1.807) is 14.0 Å². The van der Waals surface area contributed by atoms with Crippen molar-refractivity contribution in [3.63, 3.8) is 0 Å². The van der Waals surface area contributed by atoms with Gasteiger partial charge in [0.05, 0.1) is 6.20 Å². The number of carboxylic acid groups (broad SMARTS) is 1. The molecule has 102 valence electrons. The second-order valence-corrected chi connectivity index (χ2v) is 5.27. The minimum atomic E-state index is -3.84. The fourth-order valence-electron chi connectivity index (χ4n) is 1.28. The van der Waals surface area contributed by atoms with Gasteiger partial charge in [0.25, 0.3) is 10.2 Å². The SMILES string of the molecule is CCCNS(=O)(=O)NC(C(=O)O)c1cnn(C)c1. The highest BCUT2D eigenvalue weighted by Gasteiger charge is 2.26. The van der Waals surface area contributed by atoms with E-state index >= 15 is 0 Å². The van der Waals surface area contributed by atoms with E-state index in [0.717, 1.165) is 0 Å². The second kappa shape index (κ2) is 5.94. The molecule has 9 heteroatoms. The number of nitrogens with zero attached hydrogens (tertiary/aromatic N) is 2. The minimum absolute atomic E-state index is 0.245. The Kier molecular flexibility index (Phi) is 4.82. The minimum Gasteiger partial charge on any atom is -0.480 e. The van der Waals surface area contributed by atoms with Crippen LogP contribution in [0.5, 0.6) is 0 Å². The zero-order chi connectivity index (χ0) is 13.8. The second-order valence-electron chi connectivity index (χ2n) is 3.73. The molecule has 0 saturated carbocycles. The largest absolute Gasteiger partial charge is 0.480 e. The van der Waals surface area contributed by atoms with Crippen molar-refractivity contribution in [2.75, 3.05) is 6.54 Å². The number of carbonyl (C=O) groups is 1. The van der Waals surface area contributed by atoms with Gasteiger partial charge in [-0.25, -0.2) is 4.72 Å². The Morgan fingerprint density at radius 1 is 1.61 bits per heavy atom. The highest BCUT2D eigenvalue weighted by molar-refractivity contribution is 7.87. The summed E-state index contributed by atoms with van der Waals surface area (Å²) < 4.78 is 28.9. The summed E-state index contributed by atoms with van der Waals surface area (Å²) in [5.41, 5.74) is 0.270. The van der Waals surface area contributed by atoms with Crippen molar-refractivity contribution in [2.24, 2.45) is 7.05 Å². The van der Waals surface area contributed by atoms with E-state index in [-0.39, 0.29) is 12.1 Å². The predicted octanol–water partition coefficient (Wildman–Crippen LogP) is -0.620. The predicted molar refractivity (Wildman–Crippen MR) is 63.9 cm³/mol. The lowest BCUT2D eigenvalue weighted by molar-refractivity contribution is -0.139. The van der Waals surface area contributed by atoms with Crippen molar-refractivity contribution in [1.29, 1.82) is 0 Å². The third kappa shape index (κ3) is 4.09. The molecule has 18 heavy (non-hydrogen) atoms. The normalized spacial score (nSPS) is 13.4. The van der Waals surface area contributed by atoms with Gasteiger partial charge in [-0.15, -0.1) is 0 Å². The Balaban J connectivity index is 2.85. The Bertz CT molecular complexity index is 510. The van der Waals surface area contributed by atoms with Crippen LogP contribution in [0, 0.1) is 0 Å². The number of aromatic nitrogens is 2. The van der Waals surface area contributed by atoms with E-state index in [4.69, 9.17) is 5.11 Å². The number of nitrogens with one attached hydrogen (secondary N) is 2. The molecule has 0 fully saturated rings. The molecular weight excluding hydrogens is 260 g/mol. The maximum atomic E-state index is 11.6. The molecule has 0 aliphatic heterocycles. The topological polar surface area (TPSA) is 113 Å². The van der Waals surface area contributed by atoms with E-state index in [2.05, 4.69) is 14.5 Å². The van der Waals surface area contributed by atoms with Gasteiger partial charge in [0.2, 0.25) is 0 Å². The van der Waals surface area contributed by atoms with Crippen molar-refractivity contribution in [3.05, 3.63) is 18.0 Å². The van der Waals surface area contributed by atoms with Crippen molar-refractivity contribution >= 4 is 16.2 Å². The highest BCUT2D eigenvalue weighted by Crippen LogP contribution is 2.12. The zero-order valence-corrected chi connectivity index (χ0v) is 10.9. The lowest BCUT2D eigenvalue weighted by Gasteiger charge is -2.13. The van der Waals surface area contributed by atoms with Crippen molar-refractivity contribution in [2.45, 2.75) is 19.4 Å². The van der Waals surface area contributed by atoms with Crippen LogP contribution in [-0.2, 0) is 22.1 Å². The third-order valence-corrected chi connectivity index (χ3v) is 3.25. The lowest BCUT2D eigenvalue weighted by atomic mass is 10.2. The van der Waals surface area contributed by atoms with Crippen LogP contribution in [-0.4, -0.2) is 35.8 Å². The molecule has 0 aliphatic rings. The molecule has 1 rings (SSSR count). The van der Waals surface area contributed by atoms with E-state index in [1.807, 2.05) is 0 Å². The van der Waals surface area contributed by atoms with Crippen molar-refractivity contribution < 1.29 is 18.3 Å². The average molecular weight is 276 g/mol. The van der Waals surface area contributed by atoms with Crippen LogP contribution in [0.4, 0.5) is 0 Å². The molecule has 0 radical (unpaired) electrons. The van der Waals surface area contributed by atoms with Gasteiger partial charge < -0.3 is 5.11 Å². The third-order valence-electron chi connectivity index (χ3n) is 2.12. The number of rotatable bonds is 7. The quantitative estimate of drug-likeness (QED) is 0.614. The molecule has 0 bridgehead atoms. The van der Waals surface area contributed by atoms with Gasteiger partial charge in [-0.1, -0.05) is 6.92 Å². The Hall–Kier alpha value is -1.45. The van der Waals surface area contributed by atoms with Crippen LogP contribution in [0.2, 0.25) is 0 Å². The number of aryl methyl sites for hydroxylation is 1. The first-order valence-electron chi connectivity index (χ1n) is 5.34. The van der Waals surface area contributed by atoms with Gasteiger partial charge in [-0.2, -0.15) is 18.2 Å². The highest BCUT2D eigenvalue weighted by atomic mass is 32.2. The molecule has 1 heterocycles. The summed E-state index contributed by atoms with van der Waals surface area (Å²) in [4.78, 5) is 11.1. The molecule has 0 spiro atoms. The molecule has 0 saturated heterocycles. The fourth-order valence-corrected chi connectivity index (χ4v) is 2.39. The molecular formula is C9H16N4O4S. The van der Waals surface area contributed by atoms with E-state index < -0.39 is 22.2 Å². The molecule has 1 aromatic heterocycles. The summed E-state index contributed by atoms with van der Waals surface area (Å²) >= 11 is 0. The molecule has 0 aromatic carbocycles. The molecule has 1 atom stereocenters. The average Bonchev–Trinajstić information content (AvgIpc) is 2.69. The van der Waals surface area contributed by atoms with Gasteiger partial charge in [0.15, 0.2) is 0 Å². The Morgan fingerprint density at radius 2 is 2.28 bits per heavy atom. The first-order valence-corrected chi connectivity index (χ1v) is 6.82. The Labute approximate surface area is 105 Å². The van der Waals surface area contributed by atoms with Crippen molar-refractivity contribution in [3.8, 4) is 0 Å². The summed E-state index contributed by atoms with van der Waals surface area (Å²) in [5.74, 6) is -1.29. The molecule has 0 amide bonds. The maximum Gasteiger partial charge on any atom is 0.326 e. The first-order chi connectivity index (χ1) is 8.35. The summed E-state index contributed by atoms with van der Waals surface area (Å²) in [6, 6.07) is -1.35. The maximum absolute atomic E-state index is 11.6. The molecule has 1 unspecified atom stereocenters. The molecule has 8 nitrogen and oxygen atoms in total. The number of hydrogen-bond acceptors (Lipinski definition) is 4. The van der Waals surface area contributed by atoms with Gasteiger partial charge in [-0.05, 0) is 6.42 Å². The smallest absolute Gasteiger partial charge is 0.326 e. The zero-order valence-electron chi connectivity index (χ0n) is 10.1. The standard InChI is InChI=1S/C9H16N4O4S/c1-3-4-11-18(16,17)12-8(9(14)15)7-5-10-13(2)6-7/h5-6,8,11-12H,3-4H2,1-2H3,(H,14,15). The molecule has 1 aromatic rings.